The van der Waals surface area contributed by atoms with Gasteiger partial charge in [0.25, 0.3) is 0 Å². The second-order valence-electron chi connectivity index (χ2n) is 5.43. The van der Waals surface area contributed by atoms with Crippen LogP contribution in [0.5, 0.6) is 0 Å². The maximum atomic E-state index is 12.9. The molecule has 1 aliphatic rings. The molecule has 1 saturated heterocycles. The van der Waals surface area contributed by atoms with Crippen LogP contribution in [-0.2, 0) is 10.0 Å². The average molecular weight is 344 g/mol. The van der Waals surface area contributed by atoms with Crippen LogP contribution in [0.2, 0.25) is 0 Å². The highest BCUT2D eigenvalue weighted by Gasteiger charge is 2.33. The lowest BCUT2D eigenvalue weighted by Crippen LogP contribution is -2.44. The Kier molecular flexibility index (Phi) is 6.82. The van der Waals surface area contributed by atoms with Gasteiger partial charge in [0, 0.05) is 12.6 Å². The summed E-state index contributed by atoms with van der Waals surface area (Å²) in [6.45, 7) is 2.77. The number of benzene rings is 1. The fourth-order valence-electron chi connectivity index (χ4n) is 2.91. The van der Waals surface area contributed by atoms with Gasteiger partial charge in [-0.05, 0) is 56.5 Å². The number of piperidine rings is 1. The zero-order valence-electron chi connectivity index (χ0n) is 12.7. The van der Waals surface area contributed by atoms with Gasteiger partial charge in [-0.15, -0.1) is 12.4 Å². The molecule has 0 bridgehead atoms. The third-order valence-electron chi connectivity index (χ3n) is 3.96. The monoisotopic (exact) mass is 343 g/mol. The summed E-state index contributed by atoms with van der Waals surface area (Å²) in [4.78, 5) is 0.297. The fraction of sp³-hybridized carbons (Fsp3) is 0.533. The topological polar surface area (TPSA) is 87.2 Å². The molecule has 1 aromatic carbocycles. The Balaban J connectivity index is 0.00000242. The summed E-state index contributed by atoms with van der Waals surface area (Å²) < 4.78 is 27.4. The van der Waals surface area contributed by atoms with Crippen molar-refractivity contribution >= 4 is 22.4 Å². The Morgan fingerprint density at radius 3 is 2.73 bits per heavy atom. The lowest BCUT2D eigenvalue weighted by atomic mass is 10.0. The number of nitrogens with two attached hydrogens (primary N) is 1. The van der Waals surface area contributed by atoms with E-state index in [0.717, 1.165) is 19.3 Å². The van der Waals surface area contributed by atoms with Gasteiger partial charge >= 0.3 is 0 Å². The van der Waals surface area contributed by atoms with Crippen LogP contribution in [0.1, 0.15) is 36.8 Å². The summed E-state index contributed by atoms with van der Waals surface area (Å²) >= 11 is 0. The van der Waals surface area contributed by atoms with Gasteiger partial charge in [0.05, 0.1) is 16.5 Å². The van der Waals surface area contributed by atoms with E-state index in [-0.39, 0.29) is 18.4 Å². The first kappa shape index (κ1) is 18.9. The molecule has 0 amide bonds. The summed E-state index contributed by atoms with van der Waals surface area (Å²) in [5.74, 6) is 0. The van der Waals surface area contributed by atoms with E-state index in [4.69, 9.17) is 11.0 Å². The molecule has 122 valence electrons. The molecule has 1 heterocycles. The highest BCUT2D eigenvalue weighted by molar-refractivity contribution is 7.89. The van der Waals surface area contributed by atoms with Crippen molar-refractivity contribution in [2.45, 2.75) is 43.5 Å². The predicted octanol–water partition coefficient (Wildman–Crippen LogP) is 2.18. The first-order valence-corrected chi connectivity index (χ1v) is 8.67. The Morgan fingerprint density at radius 2 is 2.14 bits per heavy atom. The molecule has 7 heteroatoms. The molecule has 5 nitrogen and oxygen atoms in total. The van der Waals surface area contributed by atoms with Crippen molar-refractivity contribution in [2.24, 2.45) is 5.73 Å². The molecule has 1 fully saturated rings. The van der Waals surface area contributed by atoms with Gasteiger partial charge in [0.1, 0.15) is 0 Å². The van der Waals surface area contributed by atoms with Crippen molar-refractivity contribution in [3.63, 3.8) is 0 Å². The van der Waals surface area contributed by atoms with E-state index in [1.165, 1.54) is 6.07 Å². The fourth-order valence-corrected chi connectivity index (χ4v) is 4.84. The van der Waals surface area contributed by atoms with Crippen LogP contribution < -0.4 is 5.73 Å². The quantitative estimate of drug-likeness (QED) is 0.907. The van der Waals surface area contributed by atoms with E-state index in [9.17, 15) is 8.42 Å². The minimum atomic E-state index is -3.52. The third kappa shape index (κ3) is 3.79. The number of aryl methyl sites for hydroxylation is 1. The van der Waals surface area contributed by atoms with Crippen molar-refractivity contribution in [3.05, 3.63) is 29.3 Å². The Labute approximate surface area is 138 Å². The van der Waals surface area contributed by atoms with Crippen molar-refractivity contribution in [1.29, 1.82) is 5.26 Å². The molecule has 0 spiro atoms. The summed E-state index contributed by atoms with van der Waals surface area (Å²) in [5, 5.41) is 8.89. The van der Waals surface area contributed by atoms with Crippen molar-refractivity contribution in [2.75, 3.05) is 13.1 Å². The van der Waals surface area contributed by atoms with Crippen molar-refractivity contribution < 1.29 is 8.42 Å². The van der Waals surface area contributed by atoms with Gasteiger partial charge in [0.15, 0.2) is 0 Å². The van der Waals surface area contributed by atoms with Crippen LogP contribution in [0.25, 0.3) is 0 Å². The average Bonchev–Trinajstić information content (AvgIpc) is 2.47. The molecule has 1 aliphatic heterocycles. The molecule has 1 unspecified atom stereocenters. The van der Waals surface area contributed by atoms with Crippen LogP contribution in [0.4, 0.5) is 0 Å². The highest BCUT2D eigenvalue weighted by Crippen LogP contribution is 2.28. The predicted molar refractivity (Wildman–Crippen MR) is 88.3 cm³/mol. The molecule has 22 heavy (non-hydrogen) atoms. The summed E-state index contributed by atoms with van der Waals surface area (Å²) in [7, 11) is -3.52. The zero-order valence-corrected chi connectivity index (χ0v) is 14.3. The van der Waals surface area contributed by atoms with Gasteiger partial charge in [-0.1, -0.05) is 6.42 Å². The number of nitrogens with zero attached hydrogens (tertiary/aromatic N) is 2. The Morgan fingerprint density at radius 1 is 1.41 bits per heavy atom. The first-order chi connectivity index (χ1) is 10.0. The highest BCUT2D eigenvalue weighted by atomic mass is 35.5. The molecule has 1 aromatic rings. The largest absolute Gasteiger partial charge is 0.330 e. The maximum absolute atomic E-state index is 12.9. The first-order valence-electron chi connectivity index (χ1n) is 7.23. The lowest BCUT2D eigenvalue weighted by molar-refractivity contribution is 0.243. The second kappa shape index (κ2) is 7.93. The molecule has 2 rings (SSSR count). The van der Waals surface area contributed by atoms with E-state index in [2.05, 4.69) is 0 Å². The summed E-state index contributed by atoms with van der Waals surface area (Å²) in [6.07, 6.45) is 3.49. The molecular formula is C15H22ClN3O2S. The maximum Gasteiger partial charge on any atom is 0.243 e. The van der Waals surface area contributed by atoms with Crippen molar-refractivity contribution in [1.82, 2.24) is 4.31 Å². The van der Waals surface area contributed by atoms with Gasteiger partial charge in [0.2, 0.25) is 10.0 Å². The zero-order chi connectivity index (χ0) is 15.5. The van der Waals surface area contributed by atoms with Gasteiger partial charge in [-0.2, -0.15) is 9.57 Å². The van der Waals surface area contributed by atoms with Crippen LogP contribution >= 0.6 is 12.4 Å². The lowest BCUT2D eigenvalue weighted by Gasteiger charge is -2.34. The van der Waals surface area contributed by atoms with E-state index in [1.54, 1.807) is 23.4 Å². The number of hydrogen-bond donors (Lipinski definition) is 1. The summed E-state index contributed by atoms with van der Waals surface area (Å²) in [6, 6.07) is 6.74. The number of hydrogen-bond acceptors (Lipinski definition) is 4. The van der Waals surface area contributed by atoms with Crippen LogP contribution in [0.15, 0.2) is 23.1 Å². The number of halogens is 1. The van der Waals surface area contributed by atoms with Crippen LogP contribution in [-0.4, -0.2) is 31.9 Å². The molecule has 1 atom stereocenters. The minimum Gasteiger partial charge on any atom is -0.330 e. The van der Waals surface area contributed by atoms with Gasteiger partial charge in [-0.3, -0.25) is 0 Å². The SMILES string of the molecule is Cc1cc(C#N)ccc1S(=O)(=O)N1CCCCC1CCN.Cl. The van der Waals surface area contributed by atoms with E-state index >= 15 is 0 Å². The smallest absolute Gasteiger partial charge is 0.243 e. The number of rotatable bonds is 4. The molecule has 0 aliphatic carbocycles. The molecule has 0 saturated carbocycles. The van der Waals surface area contributed by atoms with E-state index in [1.807, 2.05) is 6.07 Å². The van der Waals surface area contributed by atoms with Crippen molar-refractivity contribution in [3.8, 4) is 6.07 Å². The van der Waals surface area contributed by atoms with Gasteiger partial charge < -0.3 is 5.73 Å². The Hall–Kier alpha value is -1.13. The third-order valence-corrected chi connectivity index (χ3v) is 6.08. The van der Waals surface area contributed by atoms with E-state index in [0.29, 0.717) is 35.5 Å². The number of sulfonamides is 1. The normalized spacial score (nSPS) is 19.2. The standard InChI is InChI=1S/C15H21N3O2S.ClH/c1-12-10-13(11-17)5-6-15(12)21(19,20)18-9-3-2-4-14(18)7-8-16;/h5-6,10,14H,2-4,7-9,16H2,1H3;1H. The summed E-state index contributed by atoms with van der Waals surface area (Å²) in [5.41, 5.74) is 6.71. The van der Waals surface area contributed by atoms with E-state index < -0.39 is 10.0 Å². The van der Waals surface area contributed by atoms with Crippen LogP contribution in [0, 0.1) is 18.3 Å². The minimum absolute atomic E-state index is 0. The molecule has 2 N–H and O–H groups in total. The Bertz CT molecular complexity index is 653. The van der Waals surface area contributed by atoms with Gasteiger partial charge in [-0.25, -0.2) is 8.42 Å². The number of nitriles is 1. The second-order valence-corrected chi connectivity index (χ2v) is 7.29. The molecule has 0 aromatic heterocycles. The molecule has 0 radical (unpaired) electrons. The van der Waals surface area contributed by atoms with Crippen LogP contribution in [0.3, 0.4) is 0 Å². The molecular weight excluding hydrogens is 322 g/mol.